The van der Waals surface area contributed by atoms with Crippen LogP contribution in [-0.4, -0.2) is 66.3 Å². The average Bonchev–Trinajstić information content (AvgIpc) is 3.40. The first-order valence-corrected chi connectivity index (χ1v) is 12.7. The number of benzene rings is 2. The van der Waals surface area contributed by atoms with E-state index in [9.17, 15) is 13.5 Å². The van der Waals surface area contributed by atoms with E-state index in [-0.39, 0.29) is 18.6 Å². The first-order valence-electron chi connectivity index (χ1n) is 11.2. The summed E-state index contributed by atoms with van der Waals surface area (Å²) >= 11 is 0. The summed E-state index contributed by atoms with van der Waals surface area (Å²) < 4.78 is 26.9. The largest absolute Gasteiger partial charge is 0.393 e. The molecule has 2 heterocycles. The number of rotatable bonds is 7. The van der Waals surface area contributed by atoms with E-state index in [1.807, 2.05) is 32.3 Å². The lowest BCUT2D eigenvalue weighted by molar-refractivity contribution is 0.101. The van der Waals surface area contributed by atoms with Gasteiger partial charge in [-0.15, -0.1) is 0 Å². The van der Waals surface area contributed by atoms with E-state index in [4.69, 9.17) is 10.1 Å². The van der Waals surface area contributed by atoms with Crippen molar-refractivity contribution in [1.29, 1.82) is 0 Å². The number of fused-ring (bicyclic) bond motifs is 2. The van der Waals surface area contributed by atoms with E-state index in [0.29, 0.717) is 35.6 Å². The maximum Gasteiger partial charge on any atom is 0.333 e. The minimum Gasteiger partial charge on any atom is -0.393 e. The predicted molar refractivity (Wildman–Crippen MR) is 134 cm³/mol. The number of aliphatic hydroxyl groups is 1. The Morgan fingerprint density at radius 2 is 1.94 bits per heavy atom. The third-order valence-corrected chi connectivity index (χ3v) is 6.84. The fourth-order valence-electron chi connectivity index (χ4n) is 4.72. The van der Waals surface area contributed by atoms with Gasteiger partial charge in [-0.1, -0.05) is 24.3 Å². The first-order chi connectivity index (χ1) is 16.7. The highest BCUT2D eigenvalue weighted by Crippen LogP contribution is 2.35. The number of hydrogen-bond donors (Lipinski definition) is 4. The number of aromatic nitrogens is 4. The van der Waals surface area contributed by atoms with Crippen LogP contribution in [0.2, 0.25) is 0 Å². The molecule has 5 rings (SSSR count). The highest BCUT2D eigenvalue weighted by molar-refractivity contribution is 7.84. The summed E-state index contributed by atoms with van der Waals surface area (Å²) in [5.41, 5.74) is 3.24. The number of nitrogens with two attached hydrogens (primary N) is 1. The van der Waals surface area contributed by atoms with Crippen LogP contribution in [0, 0.1) is 5.92 Å². The Hall–Kier alpha value is -3.32. The molecule has 4 aromatic rings. The number of hydrogen-bond acceptors (Lipinski definition) is 9. The molecular weight excluding hydrogens is 470 g/mol. The summed E-state index contributed by atoms with van der Waals surface area (Å²) in [7, 11) is -0.0239. The average molecular weight is 498 g/mol. The van der Waals surface area contributed by atoms with Crippen LogP contribution < -0.4 is 15.4 Å². The fourth-order valence-corrected chi connectivity index (χ4v) is 5.08. The van der Waals surface area contributed by atoms with Gasteiger partial charge < -0.3 is 20.3 Å². The van der Waals surface area contributed by atoms with Crippen molar-refractivity contribution in [1.82, 2.24) is 19.9 Å². The number of H-pyrrole nitrogens is 1. The van der Waals surface area contributed by atoms with Crippen molar-refractivity contribution in [3.05, 3.63) is 42.7 Å². The van der Waals surface area contributed by atoms with Crippen LogP contribution in [0.15, 0.2) is 42.7 Å². The van der Waals surface area contributed by atoms with Crippen LogP contribution >= 0.6 is 0 Å². The molecule has 0 radical (unpaired) electrons. The van der Waals surface area contributed by atoms with Crippen molar-refractivity contribution in [2.75, 3.05) is 30.9 Å². The Bertz CT molecular complexity index is 1490. The number of aromatic amines is 1. The Morgan fingerprint density at radius 1 is 1.17 bits per heavy atom. The zero-order chi connectivity index (χ0) is 24.7. The molecule has 2 aromatic carbocycles. The molecule has 1 aliphatic rings. The summed E-state index contributed by atoms with van der Waals surface area (Å²) in [5, 5.41) is 20.8. The molecule has 12 heteroatoms. The number of anilines is 2. The SMILES string of the molecule is CN(C)c1ccc(-c2nc3ncnc(N[C@@H]4C[C@@H](COS(N)(=O)=O)[C@@H](O)C4)c3[nH]2)c2ccccc12. The van der Waals surface area contributed by atoms with E-state index in [2.05, 4.69) is 47.6 Å². The smallest absolute Gasteiger partial charge is 0.333 e. The van der Waals surface area contributed by atoms with Crippen LogP contribution in [-0.2, 0) is 14.5 Å². The van der Waals surface area contributed by atoms with Crippen LogP contribution in [0.3, 0.4) is 0 Å². The first kappa shape index (κ1) is 23.4. The Labute approximate surface area is 202 Å². The van der Waals surface area contributed by atoms with E-state index in [1.165, 1.54) is 6.33 Å². The van der Waals surface area contributed by atoms with Crippen molar-refractivity contribution in [2.45, 2.75) is 25.0 Å². The summed E-state index contributed by atoms with van der Waals surface area (Å²) in [4.78, 5) is 18.9. The molecule has 2 aromatic heterocycles. The number of nitrogens with zero attached hydrogens (tertiary/aromatic N) is 4. The van der Waals surface area contributed by atoms with Crippen LogP contribution in [0.4, 0.5) is 11.5 Å². The molecule has 0 amide bonds. The third kappa shape index (κ3) is 4.78. The molecule has 5 N–H and O–H groups in total. The Morgan fingerprint density at radius 3 is 2.69 bits per heavy atom. The van der Waals surface area contributed by atoms with Crippen LogP contribution in [0.5, 0.6) is 0 Å². The lowest BCUT2D eigenvalue weighted by Crippen LogP contribution is -2.24. The summed E-state index contributed by atoms with van der Waals surface area (Å²) in [6.45, 7) is -0.165. The van der Waals surface area contributed by atoms with E-state index < -0.39 is 16.4 Å². The molecule has 11 nitrogen and oxygen atoms in total. The van der Waals surface area contributed by atoms with Gasteiger partial charge in [-0.2, -0.15) is 8.42 Å². The molecule has 1 fully saturated rings. The standard InChI is InChI=1S/C23H27N7O4S/c1-30(2)18-8-7-17(15-5-3-4-6-16(15)18)21-28-20-22(25-12-26-23(20)29-21)27-14-9-13(19(31)10-14)11-34-35(24,32)33/h3-8,12-14,19,31H,9-11H2,1-2H3,(H2,24,32,33)(H2,25,26,27,28,29)/t13-,14+,19-/m0/s1. The minimum absolute atomic E-state index is 0.135. The van der Waals surface area contributed by atoms with Gasteiger partial charge in [0.15, 0.2) is 11.5 Å². The van der Waals surface area contributed by atoms with Crippen molar-refractivity contribution < 1.29 is 17.7 Å². The summed E-state index contributed by atoms with van der Waals surface area (Å²) in [6.07, 6.45) is 1.64. The molecule has 0 bridgehead atoms. The molecule has 3 atom stereocenters. The van der Waals surface area contributed by atoms with Gasteiger partial charge in [0.25, 0.3) is 0 Å². The Balaban J connectivity index is 1.44. The molecule has 0 unspecified atom stereocenters. The van der Waals surface area contributed by atoms with Crippen molar-refractivity contribution in [2.24, 2.45) is 11.1 Å². The highest BCUT2D eigenvalue weighted by Gasteiger charge is 2.34. The van der Waals surface area contributed by atoms with Crippen molar-refractivity contribution in [3.63, 3.8) is 0 Å². The third-order valence-electron chi connectivity index (χ3n) is 6.37. The summed E-state index contributed by atoms with van der Waals surface area (Å²) in [5.74, 6) is 0.881. The van der Waals surface area contributed by atoms with Gasteiger partial charge in [-0.05, 0) is 30.4 Å². The Kier molecular flexibility index (Phi) is 6.05. The van der Waals surface area contributed by atoms with Gasteiger partial charge in [-0.25, -0.2) is 20.1 Å². The quantitative estimate of drug-likeness (QED) is 0.299. The maximum absolute atomic E-state index is 11.1. The van der Waals surface area contributed by atoms with Crippen molar-refractivity contribution in [3.8, 4) is 11.4 Å². The normalized spacial score (nSPS) is 20.5. The van der Waals surface area contributed by atoms with Gasteiger partial charge in [0.2, 0.25) is 0 Å². The van der Waals surface area contributed by atoms with Crippen LogP contribution in [0.25, 0.3) is 33.3 Å². The molecule has 184 valence electrons. The lowest BCUT2D eigenvalue weighted by atomic mass is 10.0. The van der Waals surface area contributed by atoms with Gasteiger partial charge in [0.1, 0.15) is 17.7 Å². The monoisotopic (exact) mass is 497 g/mol. The van der Waals surface area contributed by atoms with E-state index in [0.717, 1.165) is 22.0 Å². The van der Waals surface area contributed by atoms with Gasteiger partial charge in [-0.3, -0.25) is 4.18 Å². The van der Waals surface area contributed by atoms with E-state index in [1.54, 1.807) is 0 Å². The van der Waals surface area contributed by atoms with Crippen LogP contribution in [0.1, 0.15) is 12.8 Å². The van der Waals surface area contributed by atoms with Crippen molar-refractivity contribution >= 4 is 43.7 Å². The molecule has 35 heavy (non-hydrogen) atoms. The molecule has 0 spiro atoms. The topological polar surface area (TPSA) is 159 Å². The number of nitrogens with one attached hydrogen (secondary N) is 2. The zero-order valence-electron chi connectivity index (χ0n) is 19.3. The minimum atomic E-state index is -4.06. The van der Waals surface area contributed by atoms with Gasteiger partial charge in [0.05, 0.1) is 12.7 Å². The molecule has 0 saturated heterocycles. The number of imidazole rings is 1. The van der Waals surface area contributed by atoms with Gasteiger partial charge in [0, 0.05) is 42.7 Å². The molecule has 1 aliphatic carbocycles. The zero-order valence-corrected chi connectivity index (χ0v) is 20.2. The molecular formula is C23H27N7O4S. The second-order valence-corrected chi connectivity index (χ2v) is 10.2. The predicted octanol–water partition coefficient (Wildman–Crippen LogP) is 2.01. The van der Waals surface area contributed by atoms with E-state index >= 15 is 0 Å². The maximum atomic E-state index is 11.1. The number of aliphatic hydroxyl groups excluding tert-OH is 1. The second kappa shape index (κ2) is 9.04. The molecule has 1 saturated carbocycles. The lowest BCUT2D eigenvalue weighted by Gasteiger charge is -2.17. The summed E-state index contributed by atoms with van der Waals surface area (Å²) in [6, 6.07) is 12.2. The fraction of sp³-hybridized carbons (Fsp3) is 0.348. The second-order valence-electron chi connectivity index (χ2n) is 9.00. The van der Waals surface area contributed by atoms with Gasteiger partial charge >= 0.3 is 10.3 Å². The molecule has 0 aliphatic heterocycles. The highest BCUT2D eigenvalue weighted by atomic mass is 32.2.